The lowest BCUT2D eigenvalue weighted by Gasteiger charge is -2.10. The quantitative estimate of drug-likeness (QED) is 0.637. The third-order valence-corrected chi connectivity index (χ3v) is 1.53. The monoisotopic (exact) mass is 166 g/mol. The molecule has 0 rings (SSSR count). The van der Waals surface area contributed by atoms with Crippen molar-refractivity contribution in [3.05, 3.63) is 24.6 Å². The number of hydrogen-bond donors (Lipinski definition) is 1. The number of allylic oxidation sites excluding steroid dienone is 1. The maximum Gasteiger partial charge on any atom is 0.118 e. The predicted molar refractivity (Wildman–Crippen MR) is 55.3 cm³/mol. The van der Waals surface area contributed by atoms with Crippen LogP contribution < -0.4 is 5.32 Å². The minimum atomic E-state index is 0.396. The summed E-state index contributed by atoms with van der Waals surface area (Å²) in [6, 6.07) is 0. The van der Waals surface area contributed by atoms with E-state index in [4.69, 9.17) is 0 Å². The van der Waals surface area contributed by atoms with Gasteiger partial charge in [0.25, 0.3) is 0 Å². The van der Waals surface area contributed by atoms with E-state index in [1.54, 1.807) is 0 Å². The van der Waals surface area contributed by atoms with Gasteiger partial charge in [-0.2, -0.15) is 0 Å². The van der Waals surface area contributed by atoms with Crippen molar-refractivity contribution in [2.45, 2.75) is 20.8 Å². The predicted octanol–water partition coefficient (Wildman–Crippen LogP) is 2.35. The summed E-state index contributed by atoms with van der Waals surface area (Å²) in [5.74, 6) is 1.08. The molecule has 0 fully saturated rings. The number of nitrogens with one attached hydrogen (secondary N) is 1. The van der Waals surface area contributed by atoms with Gasteiger partial charge < -0.3 is 5.32 Å². The van der Waals surface area contributed by atoms with Crippen LogP contribution in [0.2, 0.25) is 0 Å². The molecule has 0 bridgehead atoms. The Morgan fingerprint density at radius 2 is 1.83 bits per heavy atom. The van der Waals surface area contributed by atoms with Gasteiger partial charge in [0.15, 0.2) is 0 Å². The van der Waals surface area contributed by atoms with Gasteiger partial charge >= 0.3 is 0 Å². The fraction of sp³-hybridized carbons (Fsp3) is 0.500. The number of rotatable bonds is 4. The van der Waals surface area contributed by atoms with Gasteiger partial charge in [-0.25, -0.2) is 4.99 Å². The van der Waals surface area contributed by atoms with Crippen LogP contribution in [0.1, 0.15) is 20.8 Å². The van der Waals surface area contributed by atoms with Gasteiger partial charge in [-0.15, -0.1) is 0 Å². The fourth-order valence-corrected chi connectivity index (χ4v) is 0.919. The number of hydrogen-bond acceptors (Lipinski definition) is 2. The summed E-state index contributed by atoms with van der Waals surface area (Å²) < 4.78 is 0. The second kappa shape index (κ2) is 4.75. The number of nitrogens with zero attached hydrogens (tertiary/aromatic N) is 1. The van der Waals surface area contributed by atoms with Crippen LogP contribution in [0.3, 0.4) is 0 Å². The normalized spacial score (nSPS) is 11.6. The molecule has 12 heavy (non-hydrogen) atoms. The first-order valence-corrected chi connectivity index (χ1v) is 4.10. The molecule has 0 spiro atoms. The van der Waals surface area contributed by atoms with E-state index in [9.17, 15) is 0 Å². The Labute approximate surface area is 75.1 Å². The Bertz CT molecular complexity index is 212. The van der Waals surface area contributed by atoms with Crippen LogP contribution in [-0.2, 0) is 0 Å². The molecule has 0 saturated heterocycles. The average molecular weight is 166 g/mol. The molecule has 0 aliphatic carbocycles. The highest BCUT2D eigenvalue weighted by Gasteiger charge is 2.05. The molecule has 0 unspecified atom stereocenters. The van der Waals surface area contributed by atoms with E-state index in [1.807, 2.05) is 14.0 Å². The van der Waals surface area contributed by atoms with Crippen LogP contribution in [-0.4, -0.2) is 12.8 Å². The van der Waals surface area contributed by atoms with Gasteiger partial charge in [0, 0.05) is 12.8 Å². The first kappa shape index (κ1) is 11.0. The zero-order valence-corrected chi connectivity index (χ0v) is 8.44. The Hall–Kier alpha value is -1.05. The summed E-state index contributed by atoms with van der Waals surface area (Å²) in [5, 5.41) is 2.88. The summed E-state index contributed by atoms with van der Waals surface area (Å²) >= 11 is 0. The van der Waals surface area contributed by atoms with Crippen LogP contribution in [0.4, 0.5) is 0 Å². The SMILES string of the molecule is C=C(N=C(C(=C)C)C(C)C)NC. The lowest BCUT2D eigenvalue weighted by molar-refractivity contribution is 0.867. The summed E-state index contributed by atoms with van der Waals surface area (Å²) in [6.07, 6.45) is 0. The molecule has 0 heterocycles. The van der Waals surface area contributed by atoms with Crippen molar-refractivity contribution in [2.75, 3.05) is 7.05 Å². The summed E-state index contributed by atoms with van der Waals surface area (Å²) in [7, 11) is 1.81. The van der Waals surface area contributed by atoms with Gasteiger partial charge in [-0.05, 0) is 18.4 Å². The van der Waals surface area contributed by atoms with Crippen LogP contribution in [0.5, 0.6) is 0 Å². The first-order chi connectivity index (χ1) is 5.49. The standard InChI is InChI=1S/C10H18N2/c1-7(2)10(8(3)4)12-9(5)11-6/h8,11H,1,5H2,2-4,6H3. The van der Waals surface area contributed by atoms with E-state index in [0.29, 0.717) is 11.7 Å². The Morgan fingerprint density at radius 1 is 1.33 bits per heavy atom. The zero-order valence-electron chi connectivity index (χ0n) is 8.44. The molecule has 0 aliphatic heterocycles. The summed E-state index contributed by atoms with van der Waals surface area (Å²) in [6.45, 7) is 13.7. The summed E-state index contributed by atoms with van der Waals surface area (Å²) in [4.78, 5) is 4.31. The molecule has 2 nitrogen and oxygen atoms in total. The van der Waals surface area contributed by atoms with Crippen molar-refractivity contribution < 1.29 is 0 Å². The van der Waals surface area contributed by atoms with Gasteiger partial charge in [0.05, 0.1) is 0 Å². The smallest absolute Gasteiger partial charge is 0.118 e. The second-order valence-corrected chi connectivity index (χ2v) is 3.13. The molecule has 0 aromatic rings. The first-order valence-electron chi connectivity index (χ1n) is 4.10. The maximum absolute atomic E-state index is 4.31. The Morgan fingerprint density at radius 3 is 2.08 bits per heavy atom. The minimum Gasteiger partial charge on any atom is -0.374 e. The lowest BCUT2D eigenvalue weighted by Crippen LogP contribution is -2.12. The number of aliphatic imine (C=N–C) groups is 1. The molecule has 0 aliphatic rings. The van der Waals surface area contributed by atoms with Crippen LogP contribution in [0, 0.1) is 5.92 Å². The lowest BCUT2D eigenvalue weighted by atomic mass is 10.0. The van der Waals surface area contributed by atoms with E-state index in [2.05, 4.69) is 37.3 Å². The van der Waals surface area contributed by atoms with E-state index in [1.165, 1.54) is 0 Å². The van der Waals surface area contributed by atoms with E-state index in [0.717, 1.165) is 11.3 Å². The van der Waals surface area contributed by atoms with Crippen molar-refractivity contribution >= 4 is 5.71 Å². The molecule has 0 amide bonds. The van der Waals surface area contributed by atoms with E-state index < -0.39 is 0 Å². The van der Waals surface area contributed by atoms with Gasteiger partial charge in [0.1, 0.15) is 5.82 Å². The highest BCUT2D eigenvalue weighted by Crippen LogP contribution is 2.07. The van der Waals surface area contributed by atoms with Crippen molar-refractivity contribution in [3.63, 3.8) is 0 Å². The minimum absolute atomic E-state index is 0.396. The highest BCUT2D eigenvalue weighted by molar-refractivity contribution is 6.00. The highest BCUT2D eigenvalue weighted by atomic mass is 15.0. The Kier molecular flexibility index (Phi) is 4.34. The molecule has 0 aromatic carbocycles. The molecular formula is C10H18N2. The Balaban J connectivity index is 4.61. The largest absolute Gasteiger partial charge is 0.374 e. The second-order valence-electron chi connectivity index (χ2n) is 3.13. The topological polar surface area (TPSA) is 24.4 Å². The van der Waals surface area contributed by atoms with Crippen LogP contribution >= 0.6 is 0 Å². The molecule has 2 heteroatoms. The van der Waals surface area contributed by atoms with Crippen LogP contribution in [0.25, 0.3) is 0 Å². The third kappa shape index (κ3) is 3.37. The summed E-state index contributed by atoms with van der Waals surface area (Å²) in [5.41, 5.74) is 2.01. The molecule has 0 atom stereocenters. The molecule has 0 aromatic heterocycles. The molecule has 1 N–H and O–H groups in total. The third-order valence-electron chi connectivity index (χ3n) is 1.53. The van der Waals surface area contributed by atoms with E-state index >= 15 is 0 Å². The van der Waals surface area contributed by atoms with Crippen molar-refractivity contribution in [3.8, 4) is 0 Å². The molecule has 0 radical (unpaired) electrons. The maximum atomic E-state index is 4.31. The van der Waals surface area contributed by atoms with Crippen molar-refractivity contribution in [1.29, 1.82) is 0 Å². The molecule has 0 saturated carbocycles. The average Bonchev–Trinajstić information content (AvgIpc) is 1.98. The van der Waals surface area contributed by atoms with Gasteiger partial charge in [0.2, 0.25) is 0 Å². The van der Waals surface area contributed by atoms with Crippen molar-refractivity contribution in [1.82, 2.24) is 5.32 Å². The van der Waals surface area contributed by atoms with Crippen molar-refractivity contribution in [2.24, 2.45) is 10.9 Å². The zero-order chi connectivity index (χ0) is 9.72. The molecular weight excluding hydrogens is 148 g/mol. The van der Waals surface area contributed by atoms with Gasteiger partial charge in [-0.3, -0.25) is 0 Å². The fourth-order valence-electron chi connectivity index (χ4n) is 0.919. The van der Waals surface area contributed by atoms with Gasteiger partial charge in [-0.1, -0.05) is 27.0 Å². The van der Waals surface area contributed by atoms with E-state index in [-0.39, 0.29) is 0 Å². The molecule has 68 valence electrons. The van der Waals surface area contributed by atoms with Crippen LogP contribution in [0.15, 0.2) is 29.5 Å².